The van der Waals surface area contributed by atoms with E-state index in [0.29, 0.717) is 11.6 Å². The van der Waals surface area contributed by atoms with Crippen LogP contribution in [0.2, 0.25) is 0 Å². The van der Waals surface area contributed by atoms with Crippen molar-refractivity contribution in [3.05, 3.63) is 48.2 Å². The van der Waals surface area contributed by atoms with E-state index in [1.54, 1.807) is 6.26 Å². The van der Waals surface area contributed by atoms with Crippen LogP contribution < -0.4 is 5.32 Å². The van der Waals surface area contributed by atoms with Crippen molar-refractivity contribution in [3.63, 3.8) is 0 Å². The summed E-state index contributed by atoms with van der Waals surface area (Å²) in [7, 11) is 0. The van der Waals surface area contributed by atoms with Crippen molar-refractivity contribution in [2.45, 2.75) is 44.8 Å². The molecule has 142 valence electrons. The zero-order valence-corrected chi connectivity index (χ0v) is 16.5. The van der Waals surface area contributed by atoms with Crippen LogP contribution in [0.1, 0.15) is 32.3 Å². The van der Waals surface area contributed by atoms with Crippen molar-refractivity contribution in [1.29, 1.82) is 0 Å². The van der Waals surface area contributed by atoms with Gasteiger partial charge in [0.05, 0.1) is 12.0 Å². The Morgan fingerprint density at radius 3 is 2.78 bits per heavy atom. The Morgan fingerprint density at radius 2 is 2.04 bits per heavy atom. The number of aromatic nitrogens is 3. The number of nitrogens with one attached hydrogen (secondary N) is 1. The minimum absolute atomic E-state index is 0.0505. The van der Waals surface area contributed by atoms with E-state index in [2.05, 4.69) is 29.4 Å². The lowest BCUT2D eigenvalue weighted by atomic mass is 10.1. The number of rotatable bonds is 9. The van der Waals surface area contributed by atoms with Crippen LogP contribution in [0.5, 0.6) is 0 Å². The largest absolute Gasteiger partial charge is 0.461 e. The Hall–Kier alpha value is -2.54. The van der Waals surface area contributed by atoms with Gasteiger partial charge in [0, 0.05) is 12.2 Å². The third kappa shape index (κ3) is 4.80. The Morgan fingerprint density at radius 1 is 1.19 bits per heavy atom. The highest BCUT2D eigenvalue weighted by molar-refractivity contribution is 7.99. The van der Waals surface area contributed by atoms with Gasteiger partial charge in [-0.15, -0.1) is 10.2 Å². The first-order valence-corrected chi connectivity index (χ1v) is 10.2. The van der Waals surface area contributed by atoms with E-state index in [0.717, 1.165) is 42.2 Å². The Bertz CT molecular complexity index is 874. The lowest BCUT2D eigenvalue weighted by Crippen LogP contribution is -2.15. The molecule has 0 radical (unpaired) electrons. The van der Waals surface area contributed by atoms with E-state index >= 15 is 0 Å². The van der Waals surface area contributed by atoms with Gasteiger partial charge in [-0.3, -0.25) is 9.36 Å². The van der Waals surface area contributed by atoms with Gasteiger partial charge in [-0.25, -0.2) is 0 Å². The Kier molecular flexibility index (Phi) is 6.70. The topological polar surface area (TPSA) is 73.0 Å². The van der Waals surface area contributed by atoms with Gasteiger partial charge in [0.15, 0.2) is 16.7 Å². The first-order valence-electron chi connectivity index (χ1n) is 9.20. The highest BCUT2D eigenvalue weighted by Gasteiger charge is 2.17. The number of nitrogens with zero attached hydrogens (tertiary/aromatic N) is 3. The molecule has 0 atom stereocenters. The monoisotopic (exact) mass is 384 g/mol. The first-order chi connectivity index (χ1) is 13.2. The van der Waals surface area contributed by atoms with Gasteiger partial charge in [-0.05, 0) is 36.6 Å². The summed E-state index contributed by atoms with van der Waals surface area (Å²) in [5.41, 5.74) is 2.00. The molecular formula is C20H24N4O2S. The highest BCUT2D eigenvalue weighted by Crippen LogP contribution is 2.25. The van der Waals surface area contributed by atoms with Crippen LogP contribution >= 0.6 is 11.8 Å². The smallest absolute Gasteiger partial charge is 0.234 e. The second-order valence-corrected chi connectivity index (χ2v) is 7.08. The average Bonchev–Trinajstić information content (AvgIpc) is 3.34. The Labute approximate surface area is 163 Å². The molecule has 0 fully saturated rings. The number of para-hydroxylation sites is 1. The number of carbonyl (C=O) groups excluding carboxylic acids is 1. The number of aryl methyl sites for hydroxylation is 1. The molecule has 27 heavy (non-hydrogen) atoms. The summed E-state index contributed by atoms with van der Waals surface area (Å²) in [6, 6.07) is 11.6. The summed E-state index contributed by atoms with van der Waals surface area (Å²) in [6.07, 6.45) is 4.57. The second kappa shape index (κ2) is 9.41. The Balaban J connectivity index is 1.69. The van der Waals surface area contributed by atoms with E-state index in [-0.39, 0.29) is 11.7 Å². The minimum atomic E-state index is -0.0505. The second-order valence-electron chi connectivity index (χ2n) is 6.14. The molecule has 3 rings (SSSR count). The van der Waals surface area contributed by atoms with Gasteiger partial charge in [-0.2, -0.15) is 0 Å². The lowest BCUT2D eigenvalue weighted by Gasteiger charge is -2.10. The maximum absolute atomic E-state index is 12.4. The molecule has 3 aromatic rings. The highest BCUT2D eigenvalue weighted by atomic mass is 32.2. The van der Waals surface area contributed by atoms with Crippen LogP contribution in [0.4, 0.5) is 5.69 Å². The van der Waals surface area contributed by atoms with E-state index < -0.39 is 0 Å². The van der Waals surface area contributed by atoms with Crippen LogP contribution in [0, 0.1) is 0 Å². The van der Waals surface area contributed by atoms with Crippen LogP contribution in [0.15, 0.2) is 52.2 Å². The van der Waals surface area contributed by atoms with Crippen molar-refractivity contribution >= 4 is 23.4 Å². The molecule has 0 bridgehead atoms. The number of thioether (sulfide) groups is 1. The van der Waals surface area contributed by atoms with Gasteiger partial charge in [-0.1, -0.05) is 50.2 Å². The molecule has 0 saturated heterocycles. The predicted molar refractivity (Wildman–Crippen MR) is 108 cm³/mol. The number of hydrogen-bond donors (Lipinski definition) is 1. The molecule has 1 aromatic carbocycles. The standard InChI is InChI=1S/C20H24N4O2S/c1-3-5-12-24-19(17-11-8-13-26-17)22-23-20(24)27-14-18(25)21-16-10-7-6-9-15(16)4-2/h6-11,13H,3-5,12,14H2,1-2H3,(H,21,25). The number of unbranched alkanes of at least 4 members (excludes halogenated alkanes) is 1. The van der Waals surface area contributed by atoms with E-state index in [9.17, 15) is 4.79 Å². The zero-order valence-electron chi connectivity index (χ0n) is 15.6. The molecule has 0 aliphatic carbocycles. The first kappa shape index (κ1) is 19.2. The molecule has 0 aliphatic rings. The molecule has 6 nitrogen and oxygen atoms in total. The molecule has 2 heterocycles. The zero-order chi connectivity index (χ0) is 19.1. The quantitative estimate of drug-likeness (QED) is 0.545. The maximum atomic E-state index is 12.4. The molecular weight excluding hydrogens is 360 g/mol. The number of carbonyl (C=O) groups is 1. The fourth-order valence-corrected chi connectivity index (χ4v) is 3.53. The van der Waals surface area contributed by atoms with E-state index in [4.69, 9.17) is 4.42 Å². The SMILES string of the molecule is CCCCn1c(SCC(=O)Nc2ccccc2CC)nnc1-c1ccco1. The predicted octanol–water partition coefficient (Wildman–Crippen LogP) is 4.63. The van der Waals surface area contributed by atoms with Gasteiger partial charge in [0.1, 0.15) is 0 Å². The number of amides is 1. The van der Waals surface area contributed by atoms with Crippen molar-refractivity contribution < 1.29 is 9.21 Å². The molecule has 7 heteroatoms. The number of benzene rings is 1. The molecule has 0 spiro atoms. The summed E-state index contributed by atoms with van der Waals surface area (Å²) in [4.78, 5) is 12.4. The van der Waals surface area contributed by atoms with Crippen molar-refractivity contribution in [2.75, 3.05) is 11.1 Å². The fraction of sp³-hybridized carbons (Fsp3) is 0.350. The summed E-state index contributed by atoms with van der Waals surface area (Å²) in [6.45, 7) is 5.01. The van der Waals surface area contributed by atoms with Gasteiger partial charge < -0.3 is 9.73 Å². The summed E-state index contributed by atoms with van der Waals surface area (Å²) in [5, 5.41) is 12.3. The molecule has 0 unspecified atom stereocenters. The summed E-state index contributed by atoms with van der Waals surface area (Å²) < 4.78 is 7.50. The molecule has 1 N–H and O–H groups in total. The van der Waals surface area contributed by atoms with Crippen molar-refractivity contribution in [1.82, 2.24) is 14.8 Å². The van der Waals surface area contributed by atoms with E-state index in [1.165, 1.54) is 11.8 Å². The normalized spacial score (nSPS) is 10.9. The van der Waals surface area contributed by atoms with Gasteiger partial charge in [0.25, 0.3) is 0 Å². The minimum Gasteiger partial charge on any atom is -0.461 e. The van der Waals surface area contributed by atoms with Crippen LogP contribution in [0.25, 0.3) is 11.6 Å². The maximum Gasteiger partial charge on any atom is 0.234 e. The van der Waals surface area contributed by atoms with Crippen LogP contribution in [-0.4, -0.2) is 26.4 Å². The average molecular weight is 385 g/mol. The van der Waals surface area contributed by atoms with Crippen LogP contribution in [-0.2, 0) is 17.8 Å². The van der Waals surface area contributed by atoms with Gasteiger partial charge in [0.2, 0.25) is 5.91 Å². The number of anilines is 1. The third-order valence-corrected chi connectivity index (χ3v) is 5.17. The fourth-order valence-electron chi connectivity index (χ4n) is 2.77. The van der Waals surface area contributed by atoms with Crippen molar-refractivity contribution in [2.24, 2.45) is 0 Å². The third-order valence-electron chi connectivity index (χ3n) is 4.20. The number of furan rings is 1. The van der Waals surface area contributed by atoms with E-state index in [1.807, 2.05) is 41.0 Å². The lowest BCUT2D eigenvalue weighted by molar-refractivity contribution is -0.113. The molecule has 1 amide bonds. The number of hydrogen-bond acceptors (Lipinski definition) is 5. The molecule has 0 aliphatic heterocycles. The summed E-state index contributed by atoms with van der Waals surface area (Å²) >= 11 is 1.39. The van der Waals surface area contributed by atoms with Gasteiger partial charge >= 0.3 is 0 Å². The molecule has 2 aromatic heterocycles. The molecule has 0 saturated carbocycles. The van der Waals surface area contributed by atoms with Crippen molar-refractivity contribution in [3.8, 4) is 11.6 Å². The summed E-state index contributed by atoms with van der Waals surface area (Å²) in [5.74, 6) is 1.62. The van der Waals surface area contributed by atoms with Crippen LogP contribution in [0.3, 0.4) is 0 Å².